The van der Waals surface area contributed by atoms with Crippen LogP contribution >= 0.6 is 0 Å². The molecule has 0 spiro atoms. The number of likely N-dealkylation sites (N-methyl/N-ethyl adjacent to an activating group) is 1. The minimum absolute atomic E-state index is 0.0250. The third-order valence-corrected chi connectivity index (χ3v) is 6.51. The molecule has 0 saturated carbocycles. The summed E-state index contributed by atoms with van der Waals surface area (Å²) >= 11 is 0. The predicted octanol–water partition coefficient (Wildman–Crippen LogP) is 0.0720. The highest BCUT2D eigenvalue weighted by Gasteiger charge is 2.34. The third-order valence-electron chi connectivity index (χ3n) is 4.47. The van der Waals surface area contributed by atoms with Crippen LogP contribution in [0.4, 0.5) is 0 Å². The van der Waals surface area contributed by atoms with Crippen LogP contribution in [0.5, 0.6) is 0 Å². The molecule has 118 valence electrons. The highest BCUT2D eigenvalue weighted by molar-refractivity contribution is 7.86. The molecule has 2 rings (SSSR count). The molecule has 2 N–H and O–H groups in total. The lowest BCUT2D eigenvalue weighted by molar-refractivity contribution is 0.234. The summed E-state index contributed by atoms with van der Waals surface area (Å²) in [4.78, 5) is 2.34. The van der Waals surface area contributed by atoms with E-state index in [1.807, 2.05) is 0 Å². The van der Waals surface area contributed by atoms with Crippen LogP contribution in [0.1, 0.15) is 32.1 Å². The van der Waals surface area contributed by atoms with E-state index in [1.165, 1.54) is 17.1 Å². The van der Waals surface area contributed by atoms with Gasteiger partial charge < -0.3 is 10.6 Å². The normalized spacial score (nSPS) is 26.4. The van der Waals surface area contributed by atoms with Crippen LogP contribution in [0, 0.1) is 0 Å². The Morgan fingerprint density at radius 2 is 1.80 bits per heavy atom. The monoisotopic (exact) mass is 304 g/mol. The van der Waals surface area contributed by atoms with Crippen molar-refractivity contribution in [2.75, 3.05) is 46.3 Å². The summed E-state index contributed by atoms with van der Waals surface area (Å²) in [6.07, 6.45) is 5.37. The summed E-state index contributed by atoms with van der Waals surface area (Å²) in [5.41, 5.74) is 5.73. The Hall–Kier alpha value is -0.210. The van der Waals surface area contributed by atoms with Gasteiger partial charge in [0.1, 0.15) is 0 Å². The SMILES string of the molecule is CN(CCN1CCCC1)S(=O)(=O)N1CCCCC1CN. The first-order chi connectivity index (χ1) is 9.55. The summed E-state index contributed by atoms with van der Waals surface area (Å²) in [7, 11) is -1.67. The highest BCUT2D eigenvalue weighted by atomic mass is 32.2. The molecule has 0 aromatic carbocycles. The Balaban J connectivity index is 1.93. The average Bonchev–Trinajstić information content (AvgIpc) is 2.97. The standard InChI is InChI=1S/C13H28N4O2S/c1-15(10-11-16-7-4-5-8-16)20(18,19)17-9-3-2-6-13(17)12-14/h13H,2-12,14H2,1H3. The van der Waals surface area contributed by atoms with E-state index < -0.39 is 10.2 Å². The van der Waals surface area contributed by atoms with Crippen molar-refractivity contribution >= 4 is 10.2 Å². The first-order valence-electron chi connectivity index (χ1n) is 7.71. The Morgan fingerprint density at radius 3 is 2.45 bits per heavy atom. The van der Waals surface area contributed by atoms with E-state index in [9.17, 15) is 8.42 Å². The summed E-state index contributed by atoms with van der Waals surface area (Å²) in [6.45, 7) is 4.62. The second kappa shape index (κ2) is 7.17. The largest absolute Gasteiger partial charge is 0.329 e. The van der Waals surface area contributed by atoms with Crippen LogP contribution in [-0.2, 0) is 10.2 Å². The van der Waals surface area contributed by atoms with Crippen molar-refractivity contribution in [3.63, 3.8) is 0 Å². The minimum atomic E-state index is -3.36. The molecule has 7 heteroatoms. The fraction of sp³-hybridized carbons (Fsp3) is 1.00. The van der Waals surface area contributed by atoms with Crippen LogP contribution in [0.25, 0.3) is 0 Å². The average molecular weight is 304 g/mol. The lowest BCUT2D eigenvalue weighted by Crippen LogP contribution is -2.52. The van der Waals surface area contributed by atoms with Crippen LogP contribution in [-0.4, -0.2) is 74.3 Å². The molecule has 20 heavy (non-hydrogen) atoms. The second-order valence-corrected chi connectivity index (χ2v) is 7.86. The number of piperidine rings is 1. The van der Waals surface area contributed by atoms with Crippen LogP contribution in [0.3, 0.4) is 0 Å². The summed E-state index contributed by atoms with van der Waals surface area (Å²) in [5, 5.41) is 0. The molecule has 0 aromatic heterocycles. The lowest BCUT2D eigenvalue weighted by Gasteiger charge is -2.36. The number of nitrogens with zero attached hydrogens (tertiary/aromatic N) is 3. The Kier molecular flexibility index (Phi) is 5.80. The van der Waals surface area contributed by atoms with Gasteiger partial charge in [-0.1, -0.05) is 6.42 Å². The van der Waals surface area contributed by atoms with Gasteiger partial charge in [-0.2, -0.15) is 17.0 Å². The molecule has 2 saturated heterocycles. The maximum absolute atomic E-state index is 12.6. The fourth-order valence-corrected chi connectivity index (χ4v) is 4.69. The van der Waals surface area contributed by atoms with E-state index in [-0.39, 0.29) is 6.04 Å². The van der Waals surface area contributed by atoms with Gasteiger partial charge in [-0.15, -0.1) is 0 Å². The topological polar surface area (TPSA) is 69.9 Å². The van der Waals surface area contributed by atoms with Crippen molar-refractivity contribution in [1.29, 1.82) is 0 Å². The van der Waals surface area contributed by atoms with Crippen LogP contribution in [0.15, 0.2) is 0 Å². The van der Waals surface area contributed by atoms with Gasteiger partial charge in [-0.05, 0) is 38.8 Å². The molecule has 0 aliphatic carbocycles. The van der Waals surface area contributed by atoms with Gasteiger partial charge in [0, 0.05) is 39.3 Å². The van der Waals surface area contributed by atoms with E-state index in [4.69, 9.17) is 5.73 Å². The summed E-state index contributed by atoms with van der Waals surface area (Å²) in [6, 6.07) is -0.0250. The third kappa shape index (κ3) is 3.71. The zero-order valence-electron chi connectivity index (χ0n) is 12.5. The number of rotatable bonds is 6. The maximum atomic E-state index is 12.6. The molecule has 0 bridgehead atoms. The molecule has 1 unspecified atom stereocenters. The van der Waals surface area contributed by atoms with Crippen molar-refractivity contribution in [2.24, 2.45) is 5.73 Å². The predicted molar refractivity (Wildman–Crippen MR) is 80.6 cm³/mol. The first-order valence-corrected chi connectivity index (χ1v) is 9.11. The quantitative estimate of drug-likeness (QED) is 0.754. The molecule has 0 aromatic rings. The zero-order valence-corrected chi connectivity index (χ0v) is 13.3. The van der Waals surface area contributed by atoms with Gasteiger partial charge >= 0.3 is 0 Å². The molecule has 2 aliphatic heterocycles. The fourth-order valence-electron chi connectivity index (χ4n) is 3.10. The van der Waals surface area contributed by atoms with Gasteiger partial charge in [0.2, 0.25) is 0 Å². The summed E-state index contributed by atoms with van der Waals surface area (Å²) < 4.78 is 28.4. The minimum Gasteiger partial charge on any atom is -0.329 e. The van der Waals surface area contributed by atoms with Crippen molar-refractivity contribution in [2.45, 2.75) is 38.1 Å². The van der Waals surface area contributed by atoms with Crippen molar-refractivity contribution in [3.8, 4) is 0 Å². The van der Waals surface area contributed by atoms with Gasteiger partial charge in [-0.3, -0.25) is 0 Å². The molecule has 0 radical (unpaired) electrons. The lowest BCUT2D eigenvalue weighted by atomic mass is 10.1. The van der Waals surface area contributed by atoms with E-state index >= 15 is 0 Å². The van der Waals surface area contributed by atoms with Crippen molar-refractivity contribution < 1.29 is 8.42 Å². The van der Waals surface area contributed by atoms with Gasteiger partial charge in [0.05, 0.1) is 0 Å². The van der Waals surface area contributed by atoms with E-state index in [0.29, 0.717) is 19.6 Å². The Bertz CT molecular complexity index is 395. The molecule has 6 nitrogen and oxygen atoms in total. The smallest absolute Gasteiger partial charge is 0.282 e. The first kappa shape index (κ1) is 16.2. The van der Waals surface area contributed by atoms with Gasteiger partial charge in [0.15, 0.2) is 0 Å². The molecule has 1 atom stereocenters. The van der Waals surface area contributed by atoms with Crippen LogP contribution in [0.2, 0.25) is 0 Å². The molecule has 2 heterocycles. The number of hydrogen-bond acceptors (Lipinski definition) is 4. The second-order valence-electron chi connectivity index (χ2n) is 5.87. The highest BCUT2D eigenvalue weighted by Crippen LogP contribution is 2.21. The van der Waals surface area contributed by atoms with E-state index in [0.717, 1.165) is 38.9 Å². The van der Waals surface area contributed by atoms with Gasteiger partial charge in [0.25, 0.3) is 10.2 Å². The Morgan fingerprint density at radius 1 is 1.15 bits per heavy atom. The number of hydrogen-bond donors (Lipinski definition) is 1. The number of likely N-dealkylation sites (tertiary alicyclic amines) is 1. The van der Waals surface area contributed by atoms with Crippen LogP contribution < -0.4 is 5.73 Å². The van der Waals surface area contributed by atoms with E-state index in [2.05, 4.69) is 4.90 Å². The van der Waals surface area contributed by atoms with E-state index in [1.54, 1.807) is 11.4 Å². The Labute approximate surface area is 123 Å². The molecular weight excluding hydrogens is 276 g/mol. The molecular formula is C13H28N4O2S. The van der Waals surface area contributed by atoms with Gasteiger partial charge in [-0.25, -0.2) is 0 Å². The zero-order chi connectivity index (χ0) is 14.6. The molecule has 0 amide bonds. The summed E-state index contributed by atoms with van der Waals surface area (Å²) in [5.74, 6) is 0. The van der Waals surface area contributed by atoms with Crippen molar-refractivity contribution in [1.82, 2.24) is 13.5 Å². The van der Waals surface area contributed by atoms with Crippen molar-refractivity contribution in [3.05, 3.63) is 0 Å². The number of nitrogens with two attached hydrogens (primary N) is 1. The molecule has 2 fully saturated rings. The maximum Gasteiger partial charge on any atom is 0.282 e. The molecule has 2 aliphatic rings.